The van der Waals surface area contributed by atoms with Gasteiger partial charge >= 0.3 is 6.18 Å². The molecule has 3 nitrogen and oxygen atoms in total. The average Bonchev–Trinajstić information content (AvgIpc) is 3.17. The van der Waals surface area contributed by atoms with Crippen LogP contribution in [0.15, 0.2) is 0 Å². The van der Waals surface area contributed by atoms with Crippen LogP contribution in [-0.2, 0) is 0 Å². The summed E-state index contributed by atoms with van der Waals surface area (Å²) < 4.78 is 37.9. The molecule has 19 heavy (non-hydrogen) atoms. The van der Waals surface area contributed by atoms with Crippen molar-refractivity contribution in [3.05, 3.63) is 0 Å². The highest BCUT2D eigenvalue weighted by atomic mass is 19.4. The maximum Gasteiger partial charge on any atom is 0.401 e. The van der Waals surface area contributed by atoms with E-state index in [1.54, 1.807) is 0 Å². The molecule has 2 rings (SSSR count). The van der Waals surface area contributed by atoms with Gasteiger partial charge in [-0.3, -0.25) is 10.2 Å². The third-order valence-corrected chi connectivity index (χ3v) is 3.86. The van der Waals surface area contributed by atoms with Gasteiger partial charge in [-0.2, -0.15) is 18.4 Å². The Labute approximate surface area is 111 Å². The molecule has 108 valence electrons. The Morgan fingerprint density at radius 1 is 1.21 bits per heavy atom. The van der Waals surface area contributed by atoms with Crippen molar-refractivity contribution in [1.82, 2.24) is 10.2 Å². The number of nitrogens with zero attached hydrogens (tertiary/aromatic N) is 2. The first-order valence-electron chi connectivity index (χ1n) is 6.87. The van der Waals surface area contributed by atoms with Gasteiger partial charge in [-0.1, -0.05) is 6.92 Å². The summed E-state index contributed by atoms with van der Waals surface area (Å²) in [5, 5.41) is 12.6. The number of nitriles is 1. The molecule has 0 aromatic rings. The van der Waals surface area contributed by atoms with Gasteiger partial charge < -0.3 is 0 Å². The van der Waals surface area contributed by atoms with Crippen LogP contribution in [0.1, 0.15) is 32.6 Å². The first-order chi connectivity index (χ1) is 8.90. The Hall–Kier alpha value is -0.800. The molecule has 2 aliphatic rings. The summed E-state index contributed by atoms with van der Waals surface area (Å²) in [5.41, 5.74) is -0.803. The van der Waals surface area contributed by atoms with Crippen molar-refractivity contribution in [2.24, 2.45) is 5.92 Å². The van der Waals surface area contributed by atoms with Crippen LogP contribution in [-0.4, -0.2) is 42.3 Å². The second kappa shape index (κ2) is 5.29. The Balaban J connectivity index is 2.06. The first kappa shape index (κ1) is 14.6. The van der Waals surface area contributed by atoms with Gasteiger partial charge in [0.2, 0.25) is 0 Å². The summed E-state index contributed by atoms with van der Waals surface area (Å²) in [6.07, 6.45) is -0.696. The minimum absolute atomic E-state index is 0.00626. The van der Waals surface area contributed by atoms with Crippen LogP contribution in [0.25, 0.3) is 0 Å². The summed E-state index contributed by atoms with van der Waals surface area (Å²) in [6.45, 7) is 1.78. The van der Waals surface area contributed by atoms with Gasteiger partial charge in [0.25, 0.3) is 0 Å². The lowest BCUT2D eigenvalue weighted by Crippen LogP contribution is -2.56. The van der Waals surface area contributed by atoms with Crippen molar-refractivity contribution in [2.75, 3.05) is 19.6 Å². The van der Waals surface area contributed by atoms with Gasteiger partial charge in [-0.15, -0.1) is 0 Å². The van der Waals surface area contributed by atoms with Crippen LogP contribution < -0.4 is 5.32 Å². The SMILES string of the molecule is CCNC(C#N)(CN(CC(F)(F)F)C1CC1)C1CC1. The Bertz CT molecular complexity index is 355. The van der Waals surface area contributed by atoms with Crippen molar-refractivity contribution >= 4 is 0 Å². The Morgan fingerprint density at radius 2 is 1.84 bits per heavy atom. The monoisotopic (exact) mass is 275 g/mol. The van der Waals surface area contributed by atoms with Crippen LogP contribution in [0.4, 0.5) is 13.2 Å². The number of hydrogen-bond acceptors (Lipinski definition) is 3. The first-order valence-corrected chi connectivity index (χ1v) is 6.87. The molecular weight excluding hydrogens is 255 g/mol. The normalized spacial score (nSPS) is 23.2. The molecule has 2 fully saturated rings. The van der Waals surface area contributed by atoms with Crippen molar-refractivity contribution in [3.8, 4) is 6.07 Å². The summed E-state index contributed by atoms with van der Waals surface area (Å²) in [4.78, 5) is 1.45. The number of nitrogens with one attached hydrogen (secondary N) is 1. The standard InChI is InChI=1S/C13H20F3N3/c1-2-18-12(7-17,10-3-4-10)8-19(11-5-6-11)9-13(14,15)16/h10-11,18H,2-6,8-9H2,1H3. The average molecular weight is 275 g/mol. The number of likely N-dealkylation sites (N-methyl/N-ethyl adjacent to an activating group) is 1. The van der Waals surface area contributed by atoms with E-state index < -0.39 is 18.3 Å². The Kier molecular flexibility index (Phi) is 4.07. The molecule has 2 saturated carbocycles. The van der Waals surface area contributed by atoms with Crippen LogP contribution in [0.3, 0.4) is 0 Å². The van der Waals surface area contributed by atoms with Gasteiger partial charge in [0.15, 0.2) is 0 Å². The minimum atomic E-state index is -4.19. The molecule has 0 bridgehead atoms. The van der Waals surface area contributed by atoms with E-state index in [4.69, 9.17) is 0 Å². The molecular formula is C13H20F3N3. The fourth-order valence-corrected chi connectivity index (χ4v) is 2.69. The quantitative estimate of drug-likeness (QED) is 0.775. The van der Waals surface area contributed by atoms with Crippen LogP contribution in [0.2, 0.25) is 0 Å². The van der Waals surface area contributed by atoms with Gasteiger partial charge in [-0.25, -0.2) is 0 Å². The van der Waals surface area contributed by atoms with Crippen LogP contribution >= 0.6 is 0 Å². The molecule has 0 amide bonds. The zero-order valence-electron chi connectivity index (χ0n) is 11.1. The van der Waals surface area contributed by atoms with E-state index in [1.807, 2.05) is 6.92 Å². The molecule has 1 N–H and O–H groups in total. The maximum atomic E-state index is 12.6. The summed E-state index contributed by atoms with van der Waals surface area (Å²) >= 11 is 0. The lowest BCUT2D eigenvalue weighted by molar-refractivity contribution is -0.148. The second-order valence-electron chi connectivity index (χ2n) is 5.64. The number of alkyl halides is 3. The molecule has 0 radical (unpaired) electrons. The number of hydrogen-bond donors (Lipinski definition) is 1. The van der Waals surface area contributed by atoms with E-state index in [0.29, 0.717) is 6.54 Å². The predicted octanol–water partition coefficient (Wildman–Crippen LogP) is 2.29. The molecule has 6 heteroatoms. The number of rotatable bonds is 7. The second-order valence-corrected chi connectivity index (χ2v) is 5.64. The third-order valence-electron chi connectivity index (χ3n) is 3.86. The van der Waals surface area contributed by atoms with Crippen LogP contribution in [0.5, 0.6) is 0 Å². The van der Waals surface area contributed by atoms with Crippen LogP contribution in [0, 0.1) is 17.2 Å². The smallest absolute Gasteiger partial charge is 0.298 e. The highest BCUT2D eigenvalue weighted by Gasteiger charge is 2.49. The van der Waals surface area contributed by atoms with E-state index in [2.05, 4.69) is 11.4 Å². The third kappa shape index (κ3) is 3.83. The summed E-state index contributed by atoms with van der Waals surface area (Å²) in [7, 11) is 0. The lowest BCUT2D eigenvalue weighted by Gasteiger charge is -2.34. The van der Waals surface area contributed by atoms with Gasteiger partial charge in [0, 0.05) is 12.6 Å². The highest BCUT2D eigenvalue weighted by molar-refractivity contribution is 5.17. The molecule has 2 aliphatic carbocycles. The molecule has 1 atom stereocenters. The fraction of sp³-hybridized carbons (Fsp3) is 0.923. The molecule has 1 unspecified atom stereocenters. The topological polar surface area (TPSA) is 39.1 Å². The Morgan fingerprint density at radius 3 is 2.21 bits per heavy atom. The van der Waals surface area contributed by atoms with E-state index in [1.165, 1.54) is 4.90 Å². The van der Waals surface area contributed by atoms with Gasteiger partial charge in [0.1, 0.15) is 5.54 Å². The van der Waals surface area contributed by atoms with E-state index in [9.17, 15) is 18.4 Å². The minimum Gasteiger partial charge on any atom is -0.298 e. The fourth-order valence-electron chi connectivity index (χ4n) is 2.69. The molecule has 0 aromatic carbocycles. The highest BCUT2D eigenvalue weighted by Crippen LogP contribution is 2.41. The van der Waals surface area contributed by atoms with Crippen molar-refractivity contribution in [1.29, 1.82) is 5.26 Å². The van der Waals surface area contributed by atoms with Gasteiger partial charge in [0.05, 0.1) is 12.6 Å². The summed E-state index contributed by atoms with van der Waals surface area (Å²) in [5.74, 6) is 0.201. The predicted molar refractivity (Wildman–Crippen MR) is 65.4 cm³/mol. The maximum absolute atomic E-state index is 12.6. The molecule has 0 spiro atoms. The zero-order chi connectivity index (χ0) is 14.1. The summed E-state index contributed by atoms with van der Waals surface area (Å²) in [6, 6.07) is 2.26. The lowest BCUT2D eigenvalue weighted by atomic mass is 9.93. The van der Waals surface area contributed by atoms with E-state index in [0.717, 1.165) is 25.7 Å². The van der Waals surface area contributed by atoms with E-state index >= 15 is 0 Å². The zero-order valence-corrected chi connectivity index (χ0v) is 11.1. The number of halogens is 3. The molecule has 0 aliphatic heterocycles. The van der Waals surface area contributed by atoms with E-state index in [-0.39, 0.29) is 18.5 Å². The molecule has 0 aromatic heterocycles. The van der Waals surface area contributed by atoms with Crippen molar-refractivity contribution < 1.29 is 13.2 Å². The molecule has 0 heterocycles. The van der Waals surface area contributed by atoms with Gasteiger partial charge in [-0.05, 0) is 38.1 Å². The molecule has 0 saturated heterocycles. The van der Waals surface area contributed by atoms with Crippen molar-refractivity contribution in [3.63, 3.8) is 0 Å². The largest absolute Gasteiger partial charge is 0.401 e. The van der Waals surface area contributed by atoms with Crippen molar-refractivity contribution in [2.45, 2.75) is 50.4 Å².